The molecule has 0 aliphatic heterocycles. The molecule has 4 aliphatic rings. The van der Waals surface area contributed by atoms with Gasteiger partial charge >= 0.3 is 33.0 Å². The maximum atomic E-state index is 13.8. The first-order valence-corrected chi connectivity index (χ1v) is 21.1. The van der Waals surface area contributed by atoms with E-state index in [2.05, 4.69) is 16.3 Å². The average Bonchev–Trinajstić information content (AvgIpc) is 3.93. The Morgan fingerprint density at radius 2 is 1.23 bits per heavy atom. The normalized spacial score (nSPS) is 26.4. The van der Waals surface area contributed by atoms with Crippen LogP contribution < -0.4 is 4.18 Å². The SMILES string of the molecule is O=S(=O)(Oc1ccccc1[S+](c1ccccc1)c1ccc(C2CC3CCC2C3)cc1)C(F)(F)C(F)F.O=S(=O)([O-])C(F)(F)C(F)(F)C1CC2CCC1C2. The van der Waals surface area contributed by atoms with Crippen molar-refractivity contribution >= 4 is 31.1 Å². The summed E-state index contributed by atoms with van der Waals surface area (Å²) < 4.78 is 166. The Morgan fingerprint density at radius 1 is 0.679 bits per heavy atom. The van der Waals surface area contributed by atoms with Gasteiger partial charge in [-0.25, -0.2) is 17.2 Å². The Kier molecular flexibility index (Phi) is 11.0. The van der Waals surface area contributed by atoms with Crippen molar-refractivity contribution in [3.05, 3.63) is 84.4 Å². The molecule has 7 rings (SSSR count). The first kappa shape index (κ1) is 39.8. The molecular formula is C36H36F8O6S3. The van der Waals surface area contributed by atoms with Gasteiger partial charge in [-0.3, -0.25) is 0 Å². The van der Waals surface area contributed by atoms with E-state index in [1.807, 2.05) is 42.5 Å². The number of benzene rings is 3. The number of rotatable bonds is 11. The van der Waals surface area contributed by atoms with E-state index < -0.39 is 71.6 Å². The van der Waals surface area contributed by atoms with Gasteiger partial charge < -0.3 is 8.74 Å². The predicted octanol–water partition coefficient (Wildman–Crippen LogP) is 9.45. The van der Waals surface area contributed by atoms with E-state index in [0.717, 1.165) is 15.7 Å². The van der Waals surface area contributed by atoms with Crippen LogP contribution in [0.4, 0.5) is 35.1 Å². The molecule has 0 saturated heterocycles. The molecule has 0 radical (unpaired) electrons. The Labute approximate surface area is 305 Å². The fraction of sp³-hybridized carbons (Fsp3) is 0.500. The molecule has 4 aliphatic carbocycles. The fourth-order valence-electron chi connectivity index (χ4n) is 8.49. The largest absolute Gasteiger partial charge is 0.743 e. The van der Waals surface area contributed by atoms with Crippen molar-refractivity contribution in [2.24, 2.45) is 29.6 Å². The zero-order chi connectivity index (χ0) is 38.6. The Morgan fingerprint density at radius 3 is 1.74 bits per heavy atom. The first-order chi connectivity index (χ1) is 24.7. The molecular weight excluding hydrogens is 777 g/mol. The van der Waals surface area contributed by atoms with Crippen LogP contribution in [0.1, 0.15) is 62.8 Å². The molecule has 0 aromatic heterocycles. The highest BCUT2D eigenvalue weighted by Gasteiger charge is 2.68. The van der Waals surface area contributed by atoms with Crippen LogP contribution in [0.3, 0.4) is 0 Å². The highest BCUT2D eigenvalue weighted by Crippen LogP contribution is 2.58. The van der Waals surface area contributed by atoms with E-state index in [1.165, 1.54) is 43.4 Å². The van der Waals surface area contributed by atoms with Crippen LogP contribution in [0, 0.1) is 29.6 Å². The molecule has 6 nitrogen and oxygen atoms in total. The van der Waals surface area contributed by atoms with Crippen molar-refractivity contribution in [2.45, 2.75) is 94.8 Å². The maximum absolute atomic E-state index is 13.8. The van der Waals surface area contributed by atoms with Crippen molar-refractivity contribution < 1.29 is 60.7 Å². The van der Waals surface area contributed by atoms with Crippen LogP contribution in [0.15, 0.2) is 93.5 Å². The zero-order valence-corrected chi connectivity index (χ0v) is 30.4. The summed E-state index contributed by atoms with van der Waals surface area (Å²) in [5.41, 5.74) is 1.27. The number of alkyl halides is 8. The highest BCUT2D eigenvalue weighted by molar-refractivity contribution is 7.97. The molecule has 17 heteroatoms. The van der Waals surface area contributed by atoms with Gasteiger partial charge in [-0.1, -0.05) is 55.3 Å². The third kappa shape index (κ3) is 7.56. The van der Waals surface area contributed by atoms with Crippen LogP contribution >= 0.6 is 0 Å². The maximum Gasteiger partial charge on any atom is 0.439 e. The van der Waals surface area contributed by atoms with Crippen LogP contribution in [-0.2, 0) is 31.1 Å². The van der Waals surface area contributed by atoms with Crippen molar-refractivity contribution in [3.63, 3.8) is 0 Å². The molecule has 4 fully saturated rings. The molecule has 4 saturated carbocycles. The first-order valence-electron chi connectivity index (χ1n) is 17.0. The molecule has 0 spiro atoms. The Bertz CT molecular complexity index is 1980. The molecule has 0 heterocycles. The van der Waals surface area contributed by atoms with E-state index in [4.69, 9.17) is 0 Å². The van der Waals surface area contributed by atoms with Crippen molar-refractivity contribution in [1.82, 2.24) is 0 Å². The lowest BCUT2D eigenvalue weighted by Crippen LogP contribution is -2.52. The van der Waals surface area contributed by atoms with Gasteiger partial charge in [0.2, 0.25) is 4.90 Å². The second kappa shape index (κ2) is 14.6. The summed E-state index contributed by atoms with van der Waals surface area (Å²) in [7, 11) is -13.2. The van der Waals surface area contributed by atoms with Gasteiger partial charge in [0.15, 0.2) is 25.7 Å². The molecule has 4 bridgehead atoms. The molecule has 3 aromatic rings. The van der Waals surface area contributed by atoms with Crippen LogP contribution in [0.25, 0.3) is 0 Å². The summed E-state index contributed by atoms with van der Waals surface area (Å²) in [6.07, 6.45) is 2.05. The summed E-state index contributed by atoms with van der Waals surface area (Å²) in [4.78, 5) is 1.95. The summed E-state index contributed by atoms with van der Waals surface area (Å²) in [5, 5.41) is -10.9. The molecule has 3 aromatic carbocycles. The van der Waals surface area contributed by atoms with E-state index in [-0.39, 0.29) is 12.3 Å². The molecule has 290 valence electrons. The Balaban J connectivity index is 0.000000236. The van der Waals surface area contributed by atoms with Gasteiger partial charge in [0, 0.05) is 5.92 Å². The number of halogens is 8. The molecule has 7 atom stereocenters. The van der Waals surface area contributed by atoms with Crippen molar-refractivity contribution in [1.29, 1.82) is 0 Å². The van der Waals surface area contributed by atoms with E-state index in [1.54, 1.807) is 12.1 Å². The molecule has 7 unspecified atom stereocenters. The highest BCUT2D eigenvalue weighted by atomic mass is 32.2. The van der Waals surface area contributed by atoms with Crippen LogP contribution in [-0.4, -0.2) is 44.2 Å². The number of para-hydroxylation sites is 1. The lowest BCUT2D eigenvalue weighted by molar-refractivity contribution is -0.202. The Hall–Kier alpha value is -2.89. The predicted molar refractivity (Wildman–Crippen MR) is 179 cm³/mol. The molecule has 53 heavy (non-hydrogen) atoms. The average molecular weight is 813 g/mol. The minimum atomic E-state index is -6.35. The topological polar surface area (TPSA) is 101 Å². The monoisotopic (exact) mass is 812 g/mol. The number of fused-ring (bicyclic) bond motifs is 4. The van der Waals surface area contributed by atoms with Gasteiger partial charge in [-0.05, 0) is 110 Å². The van der Waals surface area contributed by atoms with E-state index in [9.17, 15) is 56.5 Å². The van der Waals surface area contributed by atoms with Gasteiger partial charge in [0.05, 0.1) is 0 Å². The smallest absolute Gasteiger partial charge is 0.439 e. The van der Waals surface area contributed by atoms with E-state index in [0.29, 0.717) is 36.0 Å². The van der Waals surface area contributed by atoms with Gasteiger partial charge in [-0.15, -0.1) is 0 Å². The zero-order valence-electron chi connectivity index (χ0n) is 27.9. The lowest BCUT2D eigenvalue weighted by atomic mass is 9.83. The van der Waals surface area contributed by atoms with Gasteiger partial charge in [0.25, 0.3) is 0 Å². The minimum absolute atomic E-state index is 0.0407. The third-order valence-electron chi connectivity index (χ3n) is 11.0. The standard InChI is InChI=1S/C27H25F4O3S2.C9H12F4O3S/c28-26(29)27(30,31)36(32,33)34-24-8-4-5-9-25(24)35(21-6-2-1-3-7-21)22-14-12-19(13-15-22)23-17-18-10-11-20(23)16-18;10-8(11,9(12,13)17(14,15)16)7-4-5-1-2-6(7)3-5/h1-9,12-15,18,20,23,26H,10-11,16-17H2;5-7H,1-4H2,(H,14,15,16)/q+1;/p-1. The lowest BCUT2D eigenvalue weighted by Gasteiger charge is -2.36. The quantitative estimate of drug-likeness (QED) is 0.0828. The second-order valence-electron chi connectivity index (χ2n) is 14.2. The summed E-state index contributed by atoms with van der Waals surface area (Å²) >= 11 is 0. The number of hydrogen-bond donors (Lipinski definition) is 0. The van der Waals surface area contributed by atoms with Crippen LogP contribution in [0.2, 0.25) is 0 Å². The second-order valence-corrected chi connectivity index (χ2v) is 19.2. The van der Waals surface area contributed by atoms with Crippen LogP contribution in [0.5, 0.6) is 5.75 Å². The fourth-order valence-corrected chi connectivity index (χ4v) is 11.9. The molecule has 0 amide bonds. The van der Waals surface area contributed by atoms with Gasteiger partial charge in [0.1, 0.15) is 10.9 Å². The summed E-state index contributed by atoms with van der Waals surface area (Å²) in [6, 6.07) is 23.2. The third-order valence-corrected chi connectivity index (χ3v) is 15.4. The van der Waals surface area contributed by atoms with Crippen molar-refractivity contribution in [2.75, 3.05) is 0 Å². The number of hydrogen-bond acceptors (Lipinski definition) is 6. The molecule has 0 N–H and O–H groups in total. The van der Waals surface area contributed by atoms with Gasteiger partial charge in [-0.2, -0.15) is 34.8 Å². The van der Waals surface area contributed by atoms with E-state index >= 15 is 0 Å². The minimum Gasteiger partial charge on any atom is -0.743 e. The summed E-state index contributed by atoms with van der Waals surface area (Å²) in [6.45, 7) is 0. The summed E-state index contributed by atoms with van der Waals surface area (Å²) in [5.74, 6) is -5.45. The van der Waals surface area contributed by atoms with Crippen molar-refractivity contribution in [3.8, 4) is 5.75 Å².